The van der Waals surface area contributed by atoms with Crippen molar-refractivity contribution in [3.05, 3.63) is 10.7 Å². The number of carbonyl (C=O) groups excluding carboxylic acids is 1. The van der Waals surface area contributed by atoms with Crippen molar-refractivity contribution < 1.29 is 9.90 Å². The third kappa shape index (κ3) is 1.52. The van der Waals surface area contributed by atoms with Gasteiger partial charge in [-0.15, -0.1) is 0 Å². The Kier molecular flexibility index (Phi) is 2.34. The van der Waals surface area contributed by atoms with Crippen LogP contribution in [0.25, 0.3) is 0 Å². The second-order valence-corrected chi connectivity index (χ2v) is 2.93. The number of carbonyl (C=O) groups is 1. The summed E-state index contributed by atoms with van der Waals surface area (Å²) in [6, 6.07) is 0. The number of allylic oxidation sites excluding steroid dienone is 1. The van der Waals surface area contributed by atoms with E-state index in [0.717, 1.165) is 4.48 Å². The van der Waals surface area contributed by atoms with Gasteiger partial charge in [0.2, 0.25) is 0 Å². The molecule has 0 radical (unpaired) electrons. The topological polar surface area (TPSA) is 49.7 Å². The van der Waals surface area contributed by atoms with E-state index in [0.29, 0.717) is 6.42 Å². The van der Waals surface area contributed by atoms with Gasteiger partial charge in [0.15, 0.2) is 5.78 Å². The minimum absolute atomic E-state index is 0.114. The van der Waals surface area contributed by atoms with Gasteiger partial charge in [0.1, 0.15) is 5.71 Å². The van der Waals surface area contributed by atoms with Gasteiger partial charge in [-0.3, -0.25) is 9.79 Å². The first-order valence-electron chi connectivity index (χ1n) is 2.79. The van der Waals surface area contributed by atoms with Crippen molar-refractivity contribution in [2.24, 2.45) is 4.99 Å². The van der Waals surface area contributed by atoms with E-state index in [2.05, 4.69) is 20.9 Å². The monoisotopic (exact) mass is 203 g/mol. The van der Waals surface area contributed by atoms with E-state index < -0.39 is 0 Å². The van der Waals surface area contributed by atoms with Crippen LogP contribution in [-0.4, -0.2) is 23.2 Å². The van der Waals surface area contributed by atoms with E-state index in [9.17, 15) is 4.79 Å². The van der Waals surface area contributed by atoms with Crippen LogP contribution in [0.4, 0.5) is 0 Å². The van der Waals surface area contributed by atoms with Crippen LogP contribution in [0.15, 0.2) is 15.7 Å². The van der Waals surface area contributed by atoms with Crippen molar-refractivity contribution >= 4 is 27.4 Å². The minimum atomic E-state index is -0.268. The highest BCUT2D eigenvalue weighted by molar-refractivity contribution is 9.11. The van der Waals surface area contributed by atoms with Gasteiger partial charge in [-0.25, -0.2) is 0 Å². The Morgan fingerprint density at radius 2 is 2.50 bits per heavy atom. The zero-order valence-electron chi connectivity index (χ0n) is 5.17. The van der Waals surface area contributed by atoms with Crippen molar-refractivity contribution in [2.45, 2.75) is 6.42 Å². The fourth-order valence-electron chi connectivity index (χ4n) is 0.650. The molecule has 1 heterocycles. The SMILES string of the molecule is O=C1CC(Br)=CN=C1CO. The standard InChI is InChI=1S/C6H6BrNO2/c7-4-1-6(10)5(3-9)8-2-4/h2,9H,1,3H2. The fourth-order valence-corrected chi connectivity index (χ4v) is 1.01. The van der Waals surface area contributed by atoms with E-state index in [4.69, 9.17) is 5.11 Å². The molecule has 1 rings (SSSR count). The summed E-state index contributed by atoms with van der Waals surface area (Å²) >= 11 is 3.14. The van der Waals surface area contributed by atoms with Gasteiger partial charge in [-0.05, 0) is 0 Å². The first kappa shape index (κ1) is 7.63. The summed E-state index contributed by atoms with van der Waals surface area (Å²) in [7, 11) is 0. The van der Waals surface area contributed by atoms with Gasteiger partial charge in [0.25, 0.3) is 0 Å². The molecule has 0 bridgehead atoms. The summed E-state index contributed by atoms with van der Waals surface area (Å²) in [4.78, 5) is 14.6. The van der Waals surface area contributed by atoms with Crippen LogP contribution in [0.3, 0.4) is 0 Å². The van der Waals surface area contributed by atoms with Crippen LogP contribution in [0, 0.1) is 0 Å². The number of hydrogen-bond donors (Lipinski definition) is 1. The van der Waals surface area contributed by atoms with Gasteiger partial charge < -0.3 is 5.11 Å². The molecule has 4 heteroatoms. The summed E-state index contributed by atoms with van der Waals surface area (Å²) < 4.78 is 0.759. The molecule has 10 heavy (non-hydrogen) atoms. The molecule has 0 saturated carbocycles. The number of rotatable bonds is 1. The van der Waals surface area contributed by atoms with Crippen LogP contribution >= 0.6 is 15.9 Å². The number of aliphatic hydroxyl groups is 1. The number of ketones is 1. The molecule has 1 aliphatic heterocycles. The Bertz CT molecular complexity index is 220. The Hall–Kier alpha value is -0.480. The summed E-state index contributed by atoms with van der Waals surface area (Å²) in [6.07, 6.45) is 1.85. The fraction of sp³-hybridized carbons (Fsp3) is 0.333. The molecule has 0 aromatic rings. The molecule has 0 spiro atoms. The van der Waals surface area contributed by atoms with Crippen LogP contribution in [0.2, 0.25) is 0 Å². The molecule has 0 aliphatic carbocycles. The van der Waals surface area contributed by atoms with Crippen molar-refractivity contribution in [3.63, 3.8) is 0 Å². The number of aliphatic hydroxyl groups excluding tert-OH is 1. The molecule has 1 aliphatic rings. The second kappa shape index (κ2) is 3.07. The molecular formula is C6H6BrNO2. The van der Waals surface area contributed by atoms with Gasteiger partial charge in [0, 0.05) is 17.1 Å². The Morgan fingerprint density at radius 3 is 3.00 bits per heavy atom. The van der Waals surface area contributed by atoms with E-state index in [-0.39, 0.29) is 18.1 Å². The van der Waals surface area contributed by atoms with Crippen molar-refractivity contribution in [1.82, 2.24) is 0 Å². The highest BCUT2D eigenvalue weighted by Gasteiger charge is 2.14. The lowest BCUT2D eigenvalue weighted by atomic mass is 10.1. The third-order valence-corrected chi connectivity index (χ3v) is 1.65. The Morgan fingerprint density at radius 1 is 1.80 bits per heavy atom. The summed E-state index contributed by atoms with van der Waals surface area (Å²) in [5.41, 5.74) is 0.239. The molecule has 0 aromatic carbocycles. The lowest BCUT2D eigenvalue weighted by Gasteiger charge is -2.04. The maximum Gasteiger partial charge on any atom is 0.184 e. The quantitative estimate of drug-likeness (QED) is 0.680. The Balaban J connectivity index is 2.82. The number of hydrogen-bond acceptors (Lipinski definition) is 3. The molecule has 0 unspecified atom stereocenters. The van der Waals surface area contributed by atoms with Crippen LogP contribution < -0.4 is 0 Å². The summed E-state index contributed by atoms with van der Waals surface area (Å²) in [6.45, 7) is -0.268. The largest absolute Gasteiger partial charge is 0.390 e. The highest BCUT2D eigenvalue weighted by Crippen LogP contribution is 2.15. The molecule has 0 amide bonds. The van der Waals surface area contributed by atoms with E-state index in [1.165, 1.54) is 6.20 Å². The van der Waals surface area contributed by atoms with Gasteiger partial charge in [0.05, 0.1) is 6.61 Å². The smallest absolute Gasteiger partial charge is 0.184 e. The first-order chi connectivity index (χ1) is 4.74. The molecule has 0 saturated heterocycles. The molecule has 1 N–H and O–H groups in total. The van der Waals surface area contributed by atoms with Gasteiger partial charge in [-0.2, -0.15) is 0 Å². The minimum Gasteiger partial charge on any atom is -0.390 e. The number of nitrogens with zero attached hydrogens (tertiary/aromatic N) is 1. The molecule has 0 atom stereocenters. The van der Waals surface area contributed by atoms with E-state index in [1.807, 2.05) is 0 Å². The molecule has 3 nitrogen and oxygen atoms in total. The van der Waals surface area contributed by atoms with Crippen molar-refractivity contribution in [3.8, 4) is 0 Å². The van der Waals surface area contributed by atoms with Crippen LogP contribution in [0.5, 0.6) is 0 Å². The highest BCUT2D eigenvalue weighted by atomic mass is 79.9. The molecule has 0 aromatic heterocycles. The number of aliphatic imine (C=N–C) groups is 1. The number of halogens is 1. The first-order valence-corrected chi connectivity index (χ1v) is 3.58. The molecular weight excluding hydrogens is 198 g/mol. The summed E-state index contributed by atoms with van der Waals surface area (Å²) in [5.74, 6) is -0.114. The van der Waals surface area contributed by atoms with Crippen LogP contribution in [-0.2, 0) is 4.79 Å². The average Bonchev–Trinajstić information content (AvgIpc) is 1.88. The predicted molar refractivity (Wildman–Crippen MR) is 41.2 cm³/mol. The zero-order chi connectivity index (χ0) is 7.56. The van der Waals surface area contributed by atoms with Crippen molar-refractivity contribution in [2.75, 3.05) is 6.61 Å². The van der Waals surface area contributed by atoms with E-state index >= 15 is 0 Å². The lowest BCUT2D eigenvalue weighted by molar-refractivity contribution is -0.112. The number of Topliss-reactive ketones (excluding diaryl/α,β-unsaturated/α-hetero) is 1. The van der Waals surface area contributed by atoms with E-state index in [1.54, 1.807) is 0 Å². The Labute approximate surface area is 66.6 Å². The normalized spacial score (nSPS) is 18.4. The molecule has 54 valence electrons. The van der Waals surface area contributed by atoms with Gasteiger partial charge in [-0.1, -0.05) is 15.9 Å². The molecule has 0 fully saturated rings. The maximum atomic E-state index is 10.9. The summed E-state index contributed by atoms with van der Waals surface area (Å²) in [5, 5.41) is 8.55. The van der Waals surface area contributed by atoms with Gasteiger partial charge >= 0.3 is 0 Å². The lowest BCUT2D eigenvalue weighted by Crippen LogP contribution is -2.19. The third-order valence-electron chi connectivity index (χ3n) is 1.16. The second-order valence-electron chi connectivity index (χ2n) is 1.91. The maximum absolute atomic E-state index is 10.9. The van der Waals surface area contributed by atoms with Crippen molar-refractivity contribution in [1.29, 1.82) is 0 Å². The average molecular weight is 204 g/mol. The predicted octanol–water partition coefficient (Wildman–Crippen LogP) is 0.629. The van der Waals surface area contributed by atoms with Crippen LogP contribution in [0.1, 0.15) is 6.42 Å². The zero-order valence-corrected chi connectivity index (χ0v) is 6.76.